The molecule has 1 aliphatic carbocycles. The number of nitrogens with zero attached hydrogens (tertiary/aromatic N) is 6. The summed E-state index contributed by atoms with van der Waals surface area (Å²) >= 11 is 0. The van der Waals surface area contributed by atoms with Crippen LogP contribution in [0.5, 0.6) is 0 Å². The number of fused-ring (bicyclic) bond motifs is 3. The van der Waals surface area contributed by atoms with Gasteiger partial charge >= 0.3 is 0 Å². The number of aryl methyl sites for hydroxylation is 2. The topological polar surface area (TPSA) is 97.5 Å². The van der Waals surface area contributed by atoms with Crippen LogP contribution in [0.2, 0.25) is 0 Å². The van der Waals surface area contributed by atoms with Crippen molar-refractivity contribution in [2.45, 2.75) is 25.7 Å². The zero-order valence-corrected chi connectivity index (χ0v) is 12.0. The predicted octanol–water partition coefficient (Wildman–Crippen LogP) is 6.12. The third-order valence-electron chi connectivity index (χ3n) is 3.97. The van der Waals surface area contributed by atoms with E-state index in [1.165, 1.54) is 5.56 Å². The highest BCUT2D eigenvalue weighted by Crippen LogP contribution is 2.44. The van der Waals surface area contributed by atoms with Crippen molar-refractivity contribution < 1.29 is 0 Å². The van der Waals surface area contributed by atoms with E-state index in [1.807, 2.05) is 24.3 Å². The highest BCUT2D eigenvalue weighted by atomic mass is 15.2. The fourth-order valence-corrected chi connectivity index (χ4v) is 3.02. The first-order valence-electron chi connectivity index (χ1n) is 7.19. The Hall–Kier alpha value is -2.94. The summed E-state index contributed by atoms with van der Waals surface area (Å²) in [5.41, 5.74) is 22.8. The first-order valence-corrected chi connectivity index (χ1v) is 7.19. The van der Waals surface area contributed by atoms with Crippen LogP contribution in [0, 0.1) is 0 Å². The maximum Gasteiger partial charge on any atom is 0.0552 e. The van der Waals surface area contributed by atoms with Gasteiger partial charge in [-0.2, -0.15) is 0 Å². The molecule has 0 bridgehead atoms. The Morgan fingerprint density at radius 2 is 1.55 bits per heavy atom. The molecule has 0 amide bonds. The minimum Gasteiger partial charge on any atom is -0.0620 e. The van der Waals surface area contributed by atoms with Crippen molar-refractivity contribution in [2.24, 2.45) is 10.2 Å². The summed E-state index contributed by atoms with van der Waals surface area (Å²) in [5, 5.41) is 7.50. The molecule has 6 nitrogen and oxygen atoms in total. The van der Waals surface area contributed by atoms with Gasteiger partial charge in [0.25, 0.3) is 0 Å². The maximum absolute atomic E-state index is 8.91. The Morgan fingerprint density at radius 3 is 2.32 bits per heavy atom. The van der Waals surface area contributed by atoms with Crippen LogP contribution in [0.1, 0.15) is 24.0 Å². The van der Waals surface area contributed by atoms with Crippen LogP contribution in [0.4, 0.5) is 11.4 Å². The highest BCUT2D eigenvalue weighted by molar-refractivity contribution is 5.87. The van der Waals surface area contributed by atoms with Gasteiger partial charge in [-0.3, -0.25) is 0 Å². The number of benzene rings is 2. The van der Waals surface area contributed by atoms with Crippen molar-refractivity contribution in [1.82, 2.24) is 0 Å². The quantitative estimate of drug-likeness (QED) is 0.362. The Morgan fingerprint density at radius 1 is 0.818 bits per heavy atom. The average Bonchev–Trinajstić information content (AvgIpc) is 2.52. The van der Waals surface area contributed by atoms with Gasteiger partial charge in [0.05, 0.1) is 5.69 Å². The van der Waals surface area contributed by atoms with Crippen LogP contribution in [-0.2, 0) is 12.8 Å². The summed E-state index contributed by atoms with van der Waals surface area (Å²) in [6.07, 6.45) is 4.13. The minimum atomic E-state index is 0.370. The lowest BCUT2D eigenvalue weighted by molar-refractivity contribution is 0.729. The normalized spacial score (nSPS) is 12.7. The molecule has 2 aromatic carbocycles. The number of rotatable bonds is 2. The lowest BCUT2D eigenvalue weighted by atomic mass is 9.86. The predicted molar refractivity (Wildman–Crippen MR) is 86.1 cm³/mol. The van der Waals surface area contributed by atoms with Crippen molar-refractivity contribution in [3.8, 4) is 11.1 Å². The Bertz CT molecular complexity index is 813. The molecule has 0 saturated carbocycles. The van der Waals surface area contributed by atoms with Crippen LogP contribution < -0.4 is 0 Å². The molecule has 0 heterocycles. The fourth-order valence-electron chi connectivity index (χ4n) is 3.02. The number of hydrogen-bond acceptors (Lipinski definition) is 2. The van der Waals surface area contributed by atoms with Gasteiger partial charge in [-0.05, 0) is 59.0 Å². The zero-order chi connectivity index (χ0) is 15.4. The molecule has 0 saturated heterocycles. The van der Waals surface area contributed by atoms with E-state index < -0.39 is 0 Å². The van der Waals surface area contributed by atoms with Crippen molar-refractivity contribution in [1.29, 1.82) is 0 Å². The van der Waals surface area contributed by atoms with Gasteiger partial charge in [-0.1, -0.05) is 46.6 Å². The lowest BCUT2D eigenvalue weighted by Crippen LogP contribution is -2.00. The van der Waals surface area contributed by atoms with Gasteiger partial charge in [0.1, 0.15) is 0 Å². The molecule has 1 aliphatic rings. The maximum atomic E-state index is 8.91. The van der Waals surface area contributed by atoms with Gasteiger partial charge < -0.3 is 0 Å². The second-order valence-corrected chi connectivity index (χ2v) is 5.21. The smallest absolute Gasteiger partial charge is 0.0552 e. The third kappa shape index (κ3) is 2.49. The summed E-state index contributed by atoms with van der Waals surface area (Å²) in [4.78, 5) is 5.76. The monoisotopic (exact) mass is 290 g/mol. The van der Waals surface area contributed by atoms with Crippen LogP contribution in [0.3, 0.4) is 0 Å². The lowest BCUT2D eigenvalue weighted by Gasteiger charge is -2.20. The highest BCUT2D eigenvalue weighted by Gasteiger charge is 2.18. The van der Waals surface area contributed by atoms with E-state index in [2.05, 4.69) is 26.1 Å². The summed E-state index contributed by atoms with van der Waals surface area (Å²) in [7, 11) is 0. The Labute approximate surface area is 127 Å². The van der Waals surface area contributed by atoms with Crippen molar-refractivity contribution in [2.75, 3.05) is 0 Å². The van der Waals surface area contributed by atoms with E-state index in [0.717, 1.165) is 42.4 Å². The van der Waals surface area contributed by atoms with Crippen LogP contribution in [-0.4, -0.2) is 0 Å². The van der Waals surface area contributed by atoms with E-state index >= 15 is 0 Å². The first-order chi connectivity index (χ1) is 10.8. The number of azide groups is 2. The molecule has 0 fully saturated rings. The van der Waals surface area contributed by atoms with E-state index in [0.29, 0.717) is 11.4 Å². The molecule has 0 unspecified atom stereocenters. The molecular formula is C16H14N6. The molecular weight excluding hydrogens is 276 g/mol. The molecule has 0 radical (unpaired) electrons. The second kappa shape index (κ2) is 6.22. The standard InChI is InChI=1S/C16H14N6/c17-21-19-14-10-9-12-7-2-1-5-11-6-3-4-8-13(11)15(12)16(14)20-22-18/h3-4,6,8-10H,1-2,5,7H2. The SMILES string of the molecule is [N-]=[N+]=Nc1ccc2c(c1N=[N+]=[N-])-c1ccccc1CCCC2. The van der Waals surface area contributed by atoms with Crippen molar-refractivity contribution in [3.05, 3.63) is 68.4 Å². The summed E-state index contributed by atoms with van der Waals surface area (Å²) in [6.45, 7) is 0. The van der Waals surface area contributed by atoms with E-state index in [4.69, 9.17) is 11.1 Å². The van der Waals surface area contributed by atoms with Crippen molar-refractivity contribution >= 4 is 11.4 Å². The zero-order valence-electron chi connectivity index (χ0n) is 12.0. The molecule has 0 aliphatic heterocycles. The molecule has 0 N–H and O–H groups in total. The summed E-state index contributed by atoms with van der Waals surface area (Å²) < 4.78 is 0. The van der Waals surface area contributed by atoms with Gasteiger partial charge in [-0.15, -0.1) is 0 Å². The first kappa shape index (κ1) is 14.0. The van der Waals surface area contributed by atoms with Gasteiger partial charge in [0, 0.05) is 15.5 Å². The minimum absolute atomic E-state index is 0.370. The van der Waals surface area contributed by atoms with E-state index in [-0.39, 0.29) is 0 Å². The third-order valence-corrected chi connectivity index (χ3v) is 3.97. The molecule has 2 aromatic rings. The van der Waals surface area contributed by atoms with Crippen LogP contribution in [0.25, 0.3) is 32.0 Å². The molecule has 6 heteroatoms. The molecule has 0 spiro atoms. The van der Waals surface area contributed by atoms with Crippen LogP contribution in [0.15, 0.2) is 46.6 Å². The molecule has 108 valence electrons. The van der Waals surface area contributed by atoms with E-state index in [9.17, 15) is 0 Å². The fraction of sp³-hybridized carbons (Fsp3) is 0.250. The largest absolute Gasteiger partial charge is 0.0620 e. The van der Waals surface area contributed by atoms with Gasteiger partial charge in [0.2, 0.25) is 0 Å². The molecule has 3 rings (SSSR count). The van der Waals surface area contributed by atoms with E-state index in [1.54, 1.807) is 6.07 Å². The van der Waals surface area contributed by atoms with Gasteiger partial charge in [0.15, 0.2) is 0 Å². The summed E-state index contributed by atoms with van der Waals surface area (Å²) in [5.74, 6) is 0. The second-order valence-electron chi connectivity index (χ2n) is 5.21. The number of hydrogen-bond donors (Lipinski definition) is 0. The van der Waals surface area contributed by atoms with Crippen LogP contribution >= 0.6 is 0 Å². The van der Waals surface area contributed by atoms with Gasteiger partial charge in [-0.25, -0.2) is 0 Å². The molecule has 22 heavy (non-hydrogen) atoms. The Balaban J connectivity index is 2.38. The average molecular weight is 290 g/mol. The van der Waals surface area contributed by atoms with Crippen molar-refractivity contribution in [3.63, 3.8) is 0 Å². The summed E-state index contributed by atoms with van der Waals surface area (Å²) in [6, 6.07) is 11.8. The Kier molecular flexibility index (Phi) is 3.97. The molecule has 0 aromatic heterocycles. The molecule has 0 atom stereocenters.